The topological polar surface area (TPSA) is 74.0 Å². The lowest BCUT2D eigenvalue weighted by atomic mass is 10.1. The highest BCUT2D eigenvalue weighted by Crippen LogP contribution is 2.33. The average molecular weight is 422 g/mol. The zero-order valence-corrected chi connectivity index (χ0v) is 18.0. The molecular weight excluding hydrogens is 396 g/mol. The minimum atomic E-state index is -0.367. The van der Waals surface area contributed by atoms with Gasteiger partial charge in [-0.15, -0.1) is 0 Å². The minimum Gasteiger partial charge on any atom is -0.493 e. The Bertz CT molecular complexity index is 1060. The van der Waals surface area contributed by atoms with E-state index in [9.17, 15) is 4.79 Å². The third kappa shape index (κ3) is 4.56. The maximum absolute atomic E-state index is 11.6. The molecule has 0 atom stereocenters. The largest absolute Gasteiger partial charge is 0.493 e. The summed E-state index contributed by atoms with van der Waals surface area (Å²) in [6, 6.07) is 13.0. The number of methoxy groups -OCH3 is 2. The lowest BCUT2D eigenvalue weighted by molar-refractivity contribution is 0.0600. The van der Waals surface area contributed by atoms with Crippen LogP contribution < -0.4 is 9.47 Å². The van der Waals surface area contributed by atoms with Crippen molar-refractivity contribution in [2.24, 2.45) is 0 Å². The number of carbonyl (C=O) groups excluding carboxylic acids is 1. The highest BCUT2D eigenvalue weighted by molar-refractivity contribution is 5.89. The number of aryl methyl sites for hydroxylation is 1. The van der Waals surface area contributed by atoms with Gasteiger partial charge in [-0.1, -0.05) is 12.1 Å². The molecule has 1 aliphatic rings. The maximum atomic E-state index is 11.6. The minimum absolute atomic E-state index is 0.367. The van der Waals surface area contributed by atoms with E-state index in [4.69, 9.17) is 23.6 Å². The second-order valence-corrected chi connectivity index (χ2v) is 7.45. The first kappa shape index (κ1) is 20.9. The molecule has 0 amide bonds. The van der Waals surface area contributed by atoms with Crippen molar-refractivity contribution >= 4 is 5.97 Å². The highest BCUT2D eigenvalue weighted by atomic mass is 16.5. The molecule has 7 nitrogen and oxygen atoms in total. The number of rotatable bonds is 5. The number of benzene rings is 2. The van der Waals surface area contributed by atoms with Gasteiger partial charge in [0.15, 0.2) is 11.5 Å². The van der Waals surface area contributed by atoms with E-state index in [1.165, 1.54) is 7.11 Å². The van der Waals surface area contributed by atoms with Crippen molar-refractivity contribution < 1.29 is 23.4 Å². The first-order valence-electron chi connectivity index (χ1n) is 10.2. The lowest BCUT2D eigenvalue weighted by Gasteiger charge is -2.26. The van der Waals surface area contributed by atoms with Crippen LogP contribution in [0.5, 0.6) is 11.5 Å². The third-order valence-corrected chi connectivity index (χ3v) is 5.36. The molecule has 0 aliphatic carbocycles. The summed E-state index contributed by atoms with van der Waals surface area (Å²) < 4.78 is 22.1. The van der Waals surface area contributed by atoms with Crippen molar-refractivity contribution in [3.63, 3.8) is 0 Å². The van der Waals surface area contributed by atoms with E-state index in [0.29, 0.717) is 24.6 Å². The van der Waals surface area contributed by atoms with Gasteiger partial charge in [0.1, 0.15) is 5.76 Å². The second-order valence-electron chi connectivity index (χ2n) is 7.45. The molecule has 2 heterocycles. The fourth-order valence-corrected chi connectivity index (χ4v) is 3.70. The van der Waals surface area contributed by atoms with E-state index in [0.717, 1.165) is 53.6 Å². The van der Waals surface area contributed by atoms with Crippen LogP contribution >= 0.6 is 0 Å². The van der Waals surface area contributed by atoms with Gasteiger partial charge in [-0.2, -0.15) is 0 Å². The van der Waals surface area contributed by atoms with Crippen LogP contribution in [0.4, 0.5) is 0 Å². The molecule has 0 saturated heterocycles. The number of aromatic nitrogens is 1. The van der Waals surface area contributed by atoms with Gasteiger partial charge in [-0.3, -0.25) is 4.90 Å². The van der Waals surface area contributed by atoms with Crippen molar-refractivity contribution in [3.05, 3.63) is 65.0 Å². The summed E-state index contributed by atoms with van der Waals surface area (Å²) in [5.41, 5.74) is 3.31. The molecule has 7 heteroatoms. The summed E-state index contributed by atoms with van der Waals surface area (Å²) in [7, 11) is 3.03. The number of ether oxygens (including phenoxy) is 3. The predicted octanol–water partition coefficient (Wildman–Crippen LogP) is 4.23. The van der Waals surface area contributed by atoms with E-state index in [-0.39, 0.29) is 5.97 Å². The summed E-state index contributed by atoms with van der Waals surface area (Å²) in [6.45, 7) is 4.87. The summed E-state index contributed by atoms with van der Waals surface area (Å²) in [6.07, 6.45) is 0.913. The van der Waals surface area contributed by atoms with Crippen LogP contribution in [0.25, 0.3) is 11.5 Å². The zero-order chi connectivity index (χ0) is 21.8. The van der Waals surface area contributed by atoms with Crippen LogP contribution in [0.1, 0.15) is 33.8 Å². The molecule has 1 aliphatic heterocycles. The number of hydrogen-bond donors (Lipinski definition) is 0. The molecule has 4 rings (SSSR count). The van der Waals surface area contributed by atoms with Gasteiger partial charge in [0, 0.05) is 30.8 Å². The van der Waals surface area contributed by atoms with Crippen LogP contribution in [-0.2, 0) is 17.8 Å². The summed E-state index contributed by atoms with van der Waals surface area (Å²) in [4.78, 5) is 18.7. The Labute approximate surface area is 181 Å². The predicted molar refractivity (Wildman–Crippen MR) is 115 cm³/mol. The first-order chi connectivity index (χ1) is 15.1. The summed E-state index contributed by atoms with van der Waals surface area (Å²) in [5, 5.41) is 0. The second kappa shape index (κ2) is 9.22. The SMILES string of the molecule is COC(=O)c1ccc(-c2nc(CN3CCCOc4c(cccc4OC)C3)c(C)o2)cc1. The Kier molecular flexibility index (Phi) is 6.23. The maximum Gasteiger partial charge on any atom is 0.337 e. The van der Waals surface area contributed by atoms with Gasteiger partial charge in [-0.05, 0) is 43.7 Å². The number of para-hydroxylation sites is 1. The van der Waals surface area contributed by atoms with Gasteiger partial charge < -0.3 is 18.6 Å². The smallest absolute Gasteiger partial charge is 0.337 e. The number of nitrogens with zero attached hydrogens (tertiary/aromatic N) is 2. The van der Waals surface area contributed by atoms with E-state index < -0.39 is 0 Å². The third-order valence-electron chi connectivity index (χ3n) is 5.36. The van der Waals surface area contributed by atoms with Crippen LogP contribution in [0.3, 0.4) is 0 Å². The zero-order valence-electron chi connectivity index (χ0n) is 18.0. The van der Waals surface area contributed by atoms with Crippen LogP contribution in [0.15, 0.2) is 46.9 Å². The van der Waals surface area contributed by atoms with Crippen molar-refractivity contribution in [2.45, 2.75) is 26.4 Å². The molecule has 0 bridgehead atoms. The molecule has 162 valence electrons. The average Bonchev–Trinajstić information content (AvgIpc) is 3.14. The number of fused-ring (bicyclic) bond motifs is 1. The van der Waals surface area contributed by atoms with Crippen LogP contribution in [-0.4, -0.2) is 43.2 Å². The molecule has 0 spiro atoms. The Balaban J connectivity index is 1.53. The molecule has 0 saturated carbocycles. The number of esters is 1. The summed E-state index contributed by atoms with van der Waals surface area (Å²) in [5.74, 6) is 2.54. The molecule has 3 aromatic rings. The van der Waals surface area contributed by atoms with E-state index in [1.54, 1.807) is 19.2 Å². The first-order valence-corrected chi connectivity index (χ1v) is 10.2. The van der Waals surface area contributed by atoms with Gasteiger partial charge in [0.25, 0.3) is 0 Å². The molecule has 0 N–H and O–H groups in total. The molecular formula is C24H26N2O5. The van der Waals surface area contributed by atoms with Gasteiger partial charge in [0.05, 0.1) is 32.1 Å². The molecule has 0 radical (unpaired) electrons. The Morgan fingerprint density at radius 2 is 1.97 bits per heavy atom. The van der Waals surface area contributed by atoms with E-state index >= 15 is 0 Å². The Morgan fingerprint density at radius 3 is 2.71 bits per heavy atom. The Morgan fingerprint density at radius 1 is 1.16 bits per heavy atom. The van der Waals surface area contributed by atoms with E-state index in [1.807, 2.05) is 31.2 Å². The highest BCUT2D eigenvalue weighted by Gasteiger charge is 2.20. The molecule has 31 heavy (non-hydrogen) atoms. The van der Waals surface area contributed by atoms with Gasteiger partial charge in [0.2, 0.25) is 5.89 Å². The fourth-order valence-electron chi connectivity index (χ4n) is 3.70. The van der Waals surface area contributed by atoms with Gasteiger partial charge >= 0.3 is 5.97 Å². The van der Waals surface area contributed by atoms with Gasteiger partial charge in [-0.25, -0.2) is 9.78 Å². The van der Waals surface area contributed by atoms with Crippen LogP contribution in [0.2, 0.25) is 0 Å². The number of carbonyl (C=O) groups is 1. The quantitative estimate of drug-likeness (QED) is 0.570. The van der Waals surface area contributed by atoms with Crippen molar-refractivity contribution in [2.75, 3.05) is 27.4 Å². The lowest BCUT2D eigenvalue weighted by Crippen LogP contribution is -2.28. The van der Waals surface area contributed by atoms with Crippen molar-refractivity contribution in [1.82, 2.24) is 9.88 Å². The molecule has 2 aromatic carbocycles. The fraction of sp³-hybridized carbons (Fsp3) is 0.333. The number of hydrogen-bond acceptors (Lipinski definition) is 7. The standard InChI is InChI=1S/C24H26N2O5/c1-16-20(25-23(31-16)17-8-10-18(11-9-17)24(27)29-3)15-26-12-5-13-30-22-19(14-26)6-4-7-21(22)28-2/h4,6-11H,5,12-15H2,1-3H3. The normalized spacial score (nSPS) is 14.2. The van der Waals surface area contributed by atoms with Crippen LogP contribution in [0, 0.1) is 6.92 Å². The Hall–Kier alpha value is -3.32. The summed E-state index contributed by atoms with van der Waals surface area (Å²) >= 11 is 0. The molecule has 0 unspecified atom stereocenters. The van der Waals surface area contributed by atoms with E-state index in [2.05, 4.69) is 11.0 Å². The number of oxazole rings is 1. The van der Waals surface area contributed by atoms with Crippen molar-refractivity contribution in [1.29, 1.82) is 0 Å². The monoisotopic (exact) mass is 422 g/mol. The molecule has 0 fully saturated rings. The van der Waals surface area contributed by atoms with Crippen molar-refractivity contribution in [3.8, 4) is 23.0 Å². The molecule has 1 aromatic heterocycles.